The van der Waals surface area contributed by atoms with Gasteiger partial charge in [-0.3, -0.25) is 14.5 Å². The van der Waals surface area contributed by atoms with Crippen LogP contribution in [0.15, 0.2) is 24.3 Å². The Morgan fingerprint density at radius 2 is 1.88 bits per heavy atom. The van der Waals surface area contributed by atoms with Crippen LogP contribution in [-0.4, -0.2) is 57.0 Å². The molecule has 0 bridgehead atoms. The van der Waals surface area contributed by atoms with Gasteiger partial charge in [-0.25, -0.2) is 14.6 Å². The Hall–Kier alpha value is -3.43. The Labute approximate surface area is 147 Å². The number of hydrogen-bond donors (Lipinski definition) is 3. The molecule has 2 saturated heterocycles. The van der Waals surface area contributed by atoms with Crippen molar-refractivity contribution in [1.29, 1.82) is 0 Å². The van der Waals surface area contributed by atoms with Crippen molar-refractivity contribution in [3.63, 3.8) is 0 Å². The number of amides is 5. The van der Waals surface area contributed by atoms with Gasteiger partial charge in [0.15, 0.2) is 11.6 Å². The number of para-hydroxylation sites is 2. The minimum absolute atomic E-state index is 0.0460. The normalized spacial score (nSPS) is 22.0. The Morgan fingerprint density at radius 1 is 1.12 bits per heavy atom. The highest BCUT2D eigenvalue weighted by molar-refractivity contribution is 6.03. The molecule has 10 heteroatoms. The molecule has 2 aliphatic rings. The van der Waals surface area contributed by atoms with Gasteiger partial charge in [0.05, 0.1) is 11.0 Å². The molecule has 1 aromatic heterocycles. The van der Waals surface area contributed by atoms with Gasteiger partial charge < -0.3 is 20.5 Å². The Bertz CT molecular complexity index is 951. The van der Waals surface area contributed by atoms with Crippen molar-refractivity contribution in [2.45, 2.75) is 25.7 Å². The summed E-state index contributed by atoms with van der Waals surface area (Å²) in [4.78, 5) is 53.4. The third-order valence-electron chi connectivity index (χ3n) is 4.48. The number of ketones is 1. The fourth-order valence-electron chi connectivity index (χ4n) is 3.28. The Morgan fingerprint density at radius 3 is 2.65 bits per heavy atom. The summed E-state index contributed by atoms with van der Waals surface area (Å²) in [6, 6.07) is 5.33. The van der Waals surface area contributed by atoms with Crippen LogP contribution in [0.25, 0.3) is 11.0 Å². The van der Waals surface area contributed by atoms with E-state index in [1.54, 1.807) is 10.6 Å². The van der Waals surface area contributed by atoms with E-state index >= 15 is 0 Å². The van der Waals surface area contributed by atoms with Crippen LogP contribution in [0.4, 0.5) is 9.59 Å². The molecule has 2 fully saturated rings. The largest absolute Gasteiger partial charge is 0.325 e. The molecule has 10 nitrogen and oxygen atoms in total. The summed E-state index contributed by atoms with van der Waals surface area (Å²) in [7, 11) is 0. The molecule has 3 heterocycles. The lowest BCUT2D eigenvalue weighted by Gasteiger charge is -2.32. The zero-order chi connectivity index (χ0) is 18.4. The SMILES string of the molecule is CC(=O)c1nc2ccccc2n1CCN1C(=O)NC2NC(=O)NC2C1=O. The number of urea groups is 2. The monoisotopic (exact) mass is 356 g/mol. The van der Waals surface area contributed by atoms with Crippen LogP contribution in [0.1, 0.15) is 17.5 Å². The molecule has 134 valence electrons. The van der Waals surface area contributed by atoms with Crippen LogP contribution in [0.3, 0.4) is 0 Å². The van der Waals surface area contributed by atoms with Gasteiger partial charge in [0.2, 0.25) is 0 Å². The Balaban J connectivity index is 1.59. The van der Waals surface area contributed by atoms with Crippen molar-refractivity contribution in [3.8, 4) is 0 Å². The van der Waals surface area contributed by atoms with Crippen LogP contribution in [0, 0.1) is 0 Å². The molecule has 2 atom stereocenters. The highest BCUT2D eigenvalue weighted by Gasteiger charge is 2.46. The second-order valence-corrected chi connectivity index (χ2v) is 6.14. The lowest BCUT2D eigenvalue weighted by atomic mass is 10.1. The van der Waals surface area contributed by atoms with Crippen LogP contribution < -0.4 is 16.0 Å². The third kappa shape index (κ3) is 2.46. The molecule has 2 aliphatic heterocycles. The molecule has 2 unspecified atom stereocenters. The van der Waals surface area contributed by atoms with Gasteiger partial charge >= 0.3 is 12.1 Å². The predicted octanol–water partition coefficient (Wildman–Crippen LogP) is -0.202. The molecule has 2 aromatic rings. The van der Waals surface area contributed by atoms with E-state index in [2.05, 4.69) is 20.9 Å². The number of imide groups is 1. The zero-order valence-corrected chi connectivity index (χ0v) is 13.9. The summed E-state index contributed by atoms with van der Waals surface area (Å²) < 4.78 is 1.69. The van der Waals surface area contributed by atoms with Gasteiger partial charge in [-0.05, 0) is 12.1 Å². The van der Waals surface area contributed by atoms with Crippen molar-refractivity contribution in [2.75, 3.05) is 6.54 Å². The third-order valence-corrected chi connectivity index (χ3v) is 4.48. The molecule has 0 saturated carbocycles. The average Bonchev–Trinajstić information content (AvgIpc) is 3.15. The Kier molecular flexibility index (Phi) is 3.60. The van der Waals surface area contributed by atoms with Crippen LogP contribution in [0.5, 0.6) is 0 Å². The minimum atomic E-state index is -0.841. The molecule has 0 spiro atoms. The first kappa shape index (κ1) is 16.1. The maximum atomic E-state index is 12.5. The van der Waals surface area contributed by atoms with E-state index in [-0.39, 0.29) is 24.7 Å². The van der Waals surface area contributed by atoms with E-state index < -0.39 is 30.2 Å². The highest BCUT2D eigenvalue weighted by atomic mass is 16.2. The lowest BCUT2D eigenvalue weighted by Crippen LogP contribution is -2.65. The summed E-state index contributed by atoms with van der Waals surface area (Å²) in [6.07, 6.45) is -0.749. The van der Waals surface area contributed by atoms with Crippen molar-refractivity contribution in [1.82, 2.24) is 30.4 Å². The van der Waals surface area contributed by atoms with E-state index in [4.69, 9.17) is 0 Å². The summed E-state index contributed by atoms with van der Waals surface area (Å²) in [5.74, 6) is -0.432. The average molecular weight is 356 g/mol. The summed E-state index contributed by atoms with van der Waals surface area (Å²) in [6.45, 7) is 1.68. The summed E-state index contributed by atoms with van der Waals surface area (Å²) in [5, 5.41) is 7.52. The number of benzene rings is 1. The van der Waals surface area contributed by atoms with E-state index in [0.717, 1.165) is 10.4 Å². The predicted molar refractivity (Wildman–Crippen MR) is 89.2 cm³/mol. The second-order valence-electron chi connectivity index (χ2n) is 6.14. The van der Waals surface area contributed by atoms with Gasteiger partial charge in [0.25, 0.3) is 5.91 Å². The molecule has 4 rings (SSSR count). The standard InChI is InChI=1S/C16H16N6O4/c1-8(23)13-17-9-4-2-3-5-10(9)21(13)6-7-22-14(24)11-12(20-16(22)26)19-15(25)18-11/h2-5,11-12H,6-7H2,1H3,(H,20,26)(H2,18,19,25). The fourth-order valence-corrected chi connectivity index (χ4v) is 3.28. The number of hydrogen-bond acceptors (Lipinski definition) is 5. The molecular weight excluding hydrogens is 340 g/mol. The smallest absolute Gasteiger partial charge is 0.323 e. The molecule has 5 amide bonds. The number of nitrogens with zero attached hydrogens (tertiary/aromatic N) is 3. The number of nitrogens with one attached hydrogen (secondary N) is 3. The maximum Gasteiger partial charge on any atom is 0.325 e. The van der Waals surface area contributed by atoms with E-state index in [1.807, 2.05) is 18.2 Å². The number of rotatable bonds is 4. The number of imidazole rings is 1. The van der Waals surface area contributed by atoms with Gasteiger partial charge in [-0.15, -0.1) is 0 Å². The second kappa shape index (κ2) is 5.83. The van der Waals surface area contributed by atoms with Gasteiger partial charge in [-0.2, -0.15) is 0 Å². The first-order chi connectivity index (χ1) is 12.5. The number of aromatic nitrogens is 2. The van der Waals surface area contributed by atoms with Crippen molar-refractivity contribution in [3.05, 3.63) is 30.1 Å². The molecule has 0 aliphatic carbocycles. The number of fused-ring (bicyclic) bond motifs is 2. The first-order valence-corrected chi connectivity index (χ1v) is 8.11. The van der Waals surface area contributed by atoms with E-state index in [1.165, 1.54) is 6.92 Å². The molecule has 1 aromatic carbocycles. The van der Waals surface area contributed by atoms with Gasteiger partial charge in [0, 0.05) is 20.0 Å². The molecule has 0 radical (unpaired) electrons. The van der Waals surface area contributed by atoms with E-state index in [0.29, 0.717) is 5.52 Å². The van der Waals surface area contributed by atoms with Crippen molar-refractivity contribution >= 4 is 34.8 Å². The lowest BCUT2D eigenvalue weighted by molar-refractivity contribution is -0.132. The number of carbonyl (C=O) groups excluding carboxylic acids is 4. The van der Waals surface area contributed by atoms with Gasteiger partial charge in [-0.1, -0.05) is 12.1 Å². The quantitative estimate of drug-likeness (QED) is 0.654. The number of carbonyl (C=O) groups is 4. The maximum absolute atomic E-state index is 12.5. The van der Waals surface area contributed by atoms with Crippen LogP contribution in [0.2, 0.25) is 0 Å². The van der Waals surface area contributed by atoms with Crippen molar-refractivity contribution < 1.29 is 19.2 Å². The summed E-state index contributed by atoms with van der Waals surface area (Å²) >= 11 is 0. The molecule has 3 N–H and O–H groups in total. The van der Waals surface area contributed by atoms with Crippen LogP contribution >= 0.6 is 0 Å². The topological polar surface area (TPSA) is 125 Å². The van der Waals surface area contributed by atoms with Crippen molar-refractivity contribution in [2.24, 2.45) is 0 Å². The van der Waals surface area contributed by atoms with E-state index in [9.17, 15) is 19.2 Å². The zero-order valence-electron chi connectivity index (χ0n) is 13.9. The fraction of sp³-hybridized carbons (Fsp3) is 0.312. The minimum Gasteiger partial charge on any atom is -0.323 e. The first-order valence-electron chi connectivity index (χ1n) is 8.11. The highest BCUT2D eigenvalue weighted by Crippen LogP contribution is 2.18. The number of Topliss-reactive ketones (excluding diaryl/α,β-unsaturated/α-hetero) is 1. The molecule has 26 heavy (non-hydrogen) atoms. The van der Waals surface area contributed by atoms with Gasteiger partial charge in [0.1, 0.15) is 12.2 Å². The van der Waals surface area contributed by atoms with Crippen LogP contribution in [-0.2, 0) is 11.3 Å². The molecular formula is C16H16N6O4. The summed E-state index contributed by atoms with van der Waals surface area (Å²) in [5.41, 5.74) is 1.41.